The van der Waals surface area contributed by atoms with Crippen LogP contribution in [-0.2, 0) is 14.4 Å². The van der Waals surface area contributed by atoms with Crippen molar-refractivity contribution in [3.8, 4) is 0 Å². The lowest BCUT2D eigenvalue weighted by atomic mass is 9.88. The molecule has 7 rings (SSSR count). The van der Waals surface area contributed by atoms with Crippen molar-refractivity contribution in [1.29, 1.82) is 0 Å². The van der Waals surface area contributed by atoms with E-state index < -0.39 is 0 Å². The van der Waals surface area contributed by atoms with Gasteiger partial charge in [-0.25, -0.2) is 0 Å². The van der Waals surface area contributed by atoms with E-state index in [4.69, 9.17) is 0 Å². The third kappa shape index (κ3) is 3.46. The first-order valence-electron chi connectivity index (χ1n) is 13.7. The molecule has 6 heteroatoms. The zero-order chi connectivity index (χ0) is 22.3. The first-order chi connectivity index (χ1) is 16.0. The standard InChI is InChI=1S/C27H37N3O3/c31-25(19-10-13-1-4-16(19)7-13)28-22-23(29-26(32)20-11-14-2-5-17(20)8-14)24(22)30-27(33)21-12-15-3-6-18(21)9-15/h13-22H,1-12H2,(H,28,31)(H,29,32)(H,30,33). The fourth-order valence-electron chi connectivity index (χ4n) is 9.04. The van der Waals surface area contributed by atoms with E-state index in [0.717, 1.165) is 30.7 Å². The molecule has 3 N–H and O–H groups in total. The summed E-state index contributed by atoms with van der Waals surface area (Å²) in [5.41, 5.74) is 1.49. The summed E-state index contributed by atoms with van der Waals surface area (Å²) >= 11 is 0. The molecule has 9 atom stereocenters. The van der Waals surface area contributed by atoms with E-state index in [1.165, 1.54) is 57.8 Å². The molecule has 6 fully saturated rings. The number of amides is 3. The van der Waals surface area contributed by atoms with E-state index in [-0.39, 0.29) is 41.5 Å². The molecule has 0 spiro atoms. The molecule has 9 unspecified atom stereocenters. The van der Waals surface area contributed by atoms with Crippen molar-refractivity contribution in [1.82, 2.24) is 16.0 Å². The first kappa shape index (κ1) is 20.5. The number of hydrogen-bond donors (Lipinski definition) is 3. The van der Waals surface area contributed by atoms with Gasteiger partial charge in [-0.15, -0.1) is 0 Å². The number of carbonyl (C=O) groups excluding carboxylic acids is 3. The van der Waals surface area contributed by atoms with E-state index in [1.807, 2.05) is 0 Å². The summed E-state index contributed by atoms with van der Waals surface area (Å²) in [5.74, 6) is 4.31. The molecule has 7 aliphatic rings. The molecule has 0 aromatic heterocycles. The molecule has 0 aromatic rings. The van der Waals surface area contributed by atoms with E-state index in [9.17, 15) is 14.4 Å². The van der Waals surface area contributed by atoms with Crippen LogP contribution in [0.25, 0.3) is 0 Å². The molecule has 0 aliphatic heterocycles. The molecule has 6 nitrogen and oxygen atoms in total. The van der Waals surface area contributed by atoms with Gasteiger partial charge < -0.3 is 16.0 Å². The highest BCUT2D eigenvalue weighted by Crippen LogP contribution is 2.51. The van der Waals surface area contributed by atoms with E-state index in [0.29, 0.717) is 35.5 Å². The summed E-state index contributed by atoms with van der Waals surface area (Å²) in [6, 6.07) is -0.318. The molecule has 0 radical (unpaired) electrons. The van der Waals surface area contributed by atoms with Gasteiger partial charge in [-0.05, 0) is 93.3 Å². The van der Waals surface area contributed by atoms with Crippen LogP contribution in [-0.4, -0.2) is 23.8 Å². The Bertz CT molecular complexity index is 876. The number of carbonyl (C=O) groups is 3. The van der Waals surface area contributed by atoms with Crippen LogP contribution in [0.2, 0.25) is 0 Å². The highest BCUT2D eigenvalue weighted by molar-refractivity contribution is 5.88. The number of fused-ring (bicyclic) bond motifs is 6. The van der Waals surface area contributed by atoms with Crippen LogP contribution in [0.4, 0.5) is 0 Å². The third-order valence-corrected chi connectivity index (χ3v) is 10.8. The fourth-order valence-corrected chi connectivity index (χ4v) is 9.04. The van der Waals surface area contributed by atoms with Crippen molar-refractivity contribution >= 4 is 17.7 Å². The zero-order valence-corrected chi connectivity index (χ0v) is 19.5. The van der Waals surface area contributed by atoms with Gasteiger partial charge in [-0.1, -0.05) is 19.3 Å². The summed E-state index contributed by atoms with van der Waals surface area (Å²) in [6.07, 6.45) is 13.9. The van der Waals surface area contributed by atoms with Crippen molar-refractivity contribution < 1.29 is 14.4 Å². The van der Waals surface area contributed by atoms with Crippen molar-refractivity contribution in [3.63, 3.8) is 0 Å². The smallest absolute Gasteiger partial charge is 0.227 e. The Morgan fingerprint density at radius 1 is 0.515 bits per heavy atom. The maximum absolute atomic E-state index is 13.1. The van der Waals surface area contributed by atoms with Crippen LogP contribution in [0.3, 0.4) is 0 Å². The maximum Gasteiger partial charge on any atom is 0.227 e. The molecule has 6 bridgehead atoms. The summed E-state index contributed by atoms with van der Waals surface area (Å²) in [5, 5.41) is 9.50. The second kappa shape index (κ2) is 7.58. The lowest BCUT2D eigenvalue weighted by molar-refractivity contribution is -0.128. The first-order valence-corrected chi connectivity index (χ1v) is 13.7. The van der Waals surface area contributed by atoms with E-state index in [2.05, 4.69) is 16.0 Å². The molecule has 0 saturated heterocycles. The minimum Gasteiger partial charge on any atom is -0.342 e. The van der Waals surface area contributed by atoms with Gasteiger partial charge >= 0.3 is 0 Å². The Balaban J connectivity index is 1.03. The third-order valence-electron chi connectivity index (χ3n) is 10.8. The summed E-state index contributed by atoms with van der Waals surface area (Å²) in [6.45, 7) is 0. The van der Waals surface area contributed by atoms with Gasteiger partial charge in [0.05, 0.1) is 11.4 Å². The molecule has 3 amide bonds. The second-order valence-corrected chi connectivity index (χ2v) is 12.6. The van der Waals surface area contributed by atoms with Gasteiger partial charge in [0.2, 0.25) is 17.7 Å². The molecular formula is C27H37N3O3. The minimum absolute atomic E-state index is 0.0977. The predicted octanol–water partition coefficient (Wildman–Crippen LogP) is 3.24. The van der Waals surface area contributed by atoms with Crippen LogP contribution in [0, 0.1) is 53.3 Å². The van der Waals surface area contributed by atoms with Crippen LogP contribution >= 0.6 is 0 Å². The molecule has 6 saturated carbocycles. The Kier molecular flexibility index (Phi) is 4.71. The largest absolute Gasteiger partial charge is 0.342 e. The van der Waals surface area contributed by atoms with Crippen molar-refractivity contribution in [3.05, 3.63) is 11.4 Å². The summed E-state index contributed by atoms with van der Waals surface area (Å²) in [7, 11) is 0. The molecule has 7 aliphatic carbocycles. The van der Waals surface area contributed by atoms with Gasteiger partial charge in [0, 0.05) is 17.8 Å². The number of nitrogens with one attached hydrogen (secondary N) is 3. The Hall–Kier alpha value is -1.85. The van der Waals surface area contributed by atoms with Crippen molar-refractivity contribution in [2.45, 2.75) is 83.1 Å². The van der Waals surface area contributed by atoms with Gasteiger partial charge in [0.15, 0.2) is 0 Å². The van der Waals surface area contributed by atoms with E-state index >= 15 is 0 Å². The number of rotatable bonds is 6. The lowest BCUT2D eigenvalue weighted by Crippen LogP contribution is -2.40. The monoisotopic (exact) mass is 451 g/mol. The predicted molar refractivity (Wildman–Crippen MR) is 122 cm³/mol. The maximum atomic E-state index is 13.1. The van der Waals surface area contributed by atoms with E-state index in [1.54, 1.807) is 0 Å². The Labute approximate surface area is 196 Å². The SMILES string of the molecule is O=C(NC1=C(NC(=O)C2CC3CCC2C3)C1NC(=O)C1CC2CCC1C2)C1CC2CCC1C2. The summed E-state index contributed by atoms with van der Waals surface area (Å²) < 4.78 is 0. The van der Waals surface area contributed by atoms with Crippen LogP contribution in [0.15, 0.2) is 11.4 Å². The summed E-state index contributed by atoms with van der Waals surface area (Å²) in [4.78, 5) is 39.3. The van der Waals surface area contributed by atoms with Crippen LogP contribution in [0.1, 0.15) is 77.0 Å². The molecule has 0 heterocycles. The molecule has 0 aromatic carbocycles. The highest BCUT2D eigenvalue weighted by atomic mass is 16.2. The van der Waals surface area contributed by atoms with Crippen molar-refractivity contribution in [2.24, 2.45) is 53.3 Å². The zero-order valence-electron chi connectivity index (χ0n) is 19.5. The number of hydrogen-bond acceptors (Lipinski definition) is 3. The highest BCUT2D eigenvalue weighted by Gasteiger charge is 2.50. The molecule has 33 heavy (non-hydrogen) atoms. The fraction of sp³-hybridized carbons (Fsp3) is 0.815. The average molecular weight is 452 g/mol. The van der Waals surface area contributed by atoms with Crippen molar-refractivity contribution in [2.75, 3.05) is 0 Å². The Morgan fingerprint density at radius 2 is 0.909 bits per heavy atom. The quantitative estimate of drug-likeness (QED) is 0.579. The Morgan fingerprint density at radius 3 is 1.24 bits per heavy atom. The second-order valence-electron chi connectivity index (χ2n) is 12.6. The van der Waals surface area contributed by atoms with Gasteiger partial charge in [0.25, 0.3) is 0 Å². The average Bonchev–Trinajstić information content (AvgIpc) is 3.57. The lowest BCUT2D eigenvalue weighted by Gasteiger charge is -2.22. The van der Waals surface area contributed by atoms with Crippen LogP contribution in [0.5, 0.6) is 0 Å². The van der Waals surface area contributed by atoms with Gasteiger partial charge in [-0.3, -0.25) is 14.4 Å². The topological polar surface area (TPSA) is 87.3 Å². The van der Waals surface area contributed by atoms with Crippen LogP contribution < -0.4 is 16.0 Å². The van der Waals surface area contributed by atoms with Gasteiger partial charge in [-0.2, -0.15) is 0 Å². The molecular weight excluding hydrogens is 414 g/mol. The molecule has 178 valence electrons. The normalized spacial score (nSPS) is 46.2. The van der Waals surface area contributed by atoms with Gasteiger partial charge in [0.1, 0.15) is 6.04 Å². The minimum atomic E-state index is -0.318.